The van der Waals surface area contributed by atoms with Crippen LogP contribution in [-0.2, 0) is 4.79 Å². The van der Waals surface area contributed by atoms with Gasteiger partial charge in [0.25, 0.3) is 0 Å². The fraction of sp³-hybridized carbons (Fsp3) is 0.250. The van der Waals surface area contributed by atoms with Crippen LogP contribution in [0.15, 0.2) is 29.2 Å². The zero-order valence-electron chi connectivity index (χ0n) is 8.42. The van der Waals surface area contributed by atoms with Gasteiger partial charge in [-0.3, -0.25) is 4.79 Å². The molecule has 0 atom stereocenters. The quantitative estimate of drug-likeness (QED) is 0.575. The van der Waals surface area contributed by atoms with Gasteiger partial charge in [0, 0.05) is 4.90 Å². The van der Waals surface area contributed by atoms with Crippen LogP contribution in [-0.4, -0.2) is 11.5 Å². The number of hydrogen-bond donors (Lipinski definition) is 0. The Morgan fingerprint density at radius 3 is 3.00 bits per heavy atom. The van der Waals surface area contributed by atoms with Crippen molar-refractivity contribution in [1.29, 1.82) is 0 Å². The van der Waals surface area contributed by atoms with Gasteiger partial charge in [-0.15, -0.1) is 17.7 Å². The molecule has 0 fully saturated rings. The molecule has 0 unspecified atom stereocenters. The summed E-state index contributed by atoms with van der Waals surface area (Å²) in [6, 6.07) is 6.22. The number of ketones is 1. The minimum absolute atomic E-state index is 0.0682. The van der Waals surface area contributed by atoms with Crippen molar-refractivity contribution in [3.63, 3.8) is 0 Å². The first kappa shape index (κ1) is 11.8. The van der Waals surface area contributed by atoms with E-state index in [0.29, 0.717) is 5.75 Å². The molecule has 0 radical (unpaired) electrons. The van der Waals surface area contributed by atoms with E-state index in [0.717, 1.165) is 4.90 Å². The standard InChI is InChI=1S/C12H11FOS/c1-2-3-6-11(14)9-15-12-7-4-5-10(13)8-12/h4-5,7-8H,6,9H2,1H3. The molecule has 1 nitrogen and oxygen atoms in total. The molecule has 0 aliphatic carbocycles. The SMILES string of the molecule is CC#CCC(=O)CSc1cccc(F)c1. The molecule has 0 aromatic heterocycles. The zero-order chi connectivity index (χ0) is 11.1. The van der Waals surface area contributed by atoms with Crippen molar-refractivity contribution in [2.24, 2.45) is 0 Å². The summed E-state index contributed by atoms with van der Waals surface area (Å²) < 4.78 is 12.8. The van der Waals surface area contributed by atoms with Crippen LogP contribution in [0.3, 0.4) is 0 Å². The molecule has 1 aromatic carbocycles. The van der Waals surface area contributed by atoms with Gasteiger partial charge in [-0.1, -0.05) is 12.0 Å². The van der Waals surface area contributed by atoms with Gasteiger partial charge in [0.05, 0.1) is 12.2 Å². The van der Waals surface area contributed by atoms with Crippen molar-refractivity contribution in [2.45, 2.75) is 18.2 Å². The van der Waals surface area contributed by atoms with Crippen molar-refractivity contribution in [3.05, 3.63) is 30.1 Å². The van der Waals surface area contributed by atoms with E-state index in [4.69, 9.17) is 0 Å². The average Bonchev–Trinajstić information content (AvgIpc) is 2.23. The van der Waals surface area contributed by atoms with Crippen molar-refractivity contribution in [2.75, 3.05) is 5.75 Å². The van der Waals surface area contributed by atoms with Crippen LogP contribution in [0.25, 0.3) is 0 Å². The first-order valence-electron chi connectivity index (χ1n) is 4.52. The lowest BCUT2D eigenvalue weighted by Crippen LogP contribution is -1.99. The smallest absolute Gasteiger partial charge is 0.154 e. The molecule has 0 N–H and O–H groups in total. The van der Waals surface area contributed by atoms with Crippen LogP contribution in [0.5, 0.6) is 0 Å². The normalized spacial score (nSPS) is 9.20. The summed E-state index contributed by atoms with van der Waals surface area (Å²) in [5.41, 5.74) is 0. The lowest BCUT2D eigenvalue weighted by atomic mass is 10.3. The van der Waals surface area contributed by atoms with Crippen molar-refractivity contribution in [3.8, 4) is 11.8 Å². The van der Waals surface area contributed by atoms with Crippen molar-refractivity contribution >= 4 is 17.5 Å². The third-order valence-electron chi connectivity index (χ3n) is 1.66. The molecule has 1 rings (SSSR count). The Balaban J connectivity index is 2.42. The molecule has 0 aliphatic rings. The summed E-state index contributed by atoms with van der Waals surface area (Å²) in [5.74, 6) is 5.51. The number of hydrogen-bond acceptors (Lipinski definition) is 2. The first-order valence-corrected chi connectivity index (χ1v) is 5.50. The highest BCUT2D eigenvalue weighted by Crippen LogP contribution is 2.18. The maximum Gasteiger partial charge on any atom is 0.154 e. The third-order valence-corrected chi connectivity index (χ3v) is 2.71. The van der Waals surface area contributed by atoms with Gasteiger partial charge < -0.3 is 0 Å². The molecule has 0 saturated carbocycles. The molecule has 3 heteroatoms. The third kappa shape index (κ3) is 4.66. The van der Waals surface area contributed by atoms with E-state index in [1.54, 1.807) is 19.1 Å². The topological polar surface area (TPSA) is 17.1 Å². The molecule has 15 heavy (non-hydrogen) atoms. The Bertz CT molecular complexity index is 404. The van der Waals surface area contributed by atoms with Crippen LogP contribution < -0.4 is 0 Å². The van der Waals surface area contributed by atoms with Crippen LogP contribution >= 0.6 is 11.8 Å². The average molecular weight is 222 g/mol. The molecule has 0 aliphatic heterocycles. The molecule has 0 saturated heterocycles. The molecular weight excluding hydrogens is 211 g/mol. The van der Waals surface area contributed by atoms with Crippen molar-refractivity contribution in [1.82, 2.24) is 0 Å². The van der Waals surface area contributed by atoms with Gasteiger partial charge in [0.15, 0.2) is 5.78 Å². The minimum Gasteiger partial charge on any atom is -0.298 e. The number of benzene rings is 1. The summed E-state index contributed by atoms with van der Waals surface area (Å²) in [6.07, 6.45) is 0.277. The van der Waals surface area contributed by atoms with Gasteiger partial charge in [0.1, 0.15) is 5.82 Å². The Hall–Kier alpha value is -1.27. The predicted molar refractivity (Wildman–Crippen MR) is 60.2 cm³/mol. The second-order valence-electron chi connectivity index (χ2n) is 2.89. The fourth-order valence-corrected chi connectivity index (χ4v) is 1.76. The van der Waals surface area contributed by atoms with E-state index in [-0.39, 0.29) is 18.0 Å². The number of carbonyl (C=O) groups is 1. The monoisotopic (exact) mass is 222 g/mol. The Labute approximate surface area is 93.1 Å². The summed E-state index contributed by atoms with van der Waals surface area (Å²) >= 11 is 1.34. The summed E-state index contributed by atoms with van der Waals surface area (Å²) in [5, 5.41) is 0. The molecule has 1 aromatic rings. The number of halogens is 1. The van der Waals surface area contributed by atoms with E-state index in [2.05, 4.69) is 11.8 Å². The van der Waals surface area contributed by atoms with E-state index in [1.807, 2.05) is 0 Å². The van der Waals surface area contributed by atoms with Crippen LogP contribution in [0, 0.1) is 17.7 Å². The fourth-order valence-electron chi connectivity index (χ4n) is 0.959. The minimum atomic E-state index is -0.277. The highest BCUT2D eigenvalue weighted by atomic mass is 32.2. The zero-order valence-corrected chi connectivity index (χ0v) is 9.23. The van der Waals surface area contributed by atoms with Crippen LogP contribution in [0.1, 0.15) is 13.3 Å². The number of thioether (sulfide) groups is 1. The maximum absolute atomic E-state index is 12.8. The Morgan fingerprint density at radius 2 is 2.33 bits per heavy atom. The number of Topliss-reactive ketones (excluding diaryl/α,β-unsaturated/α-hetero) is 1. The predicted octanol–water partition coefficient (Wildman–Crippen LogP) is 2.90. The largest absolute Gasteiger partial charge is 0.298 e. The second-order valence-corrected chi connectivity index (χ2v) is 3.94. The molecule has 0 spiro atoms. The molecule has 0 amide bonds. The van der Waals surface area contributed by atoms with Crippen LogP contribution in [0.2, 0.25) is 0 Å². The van der Waals surface area contributed by atoms with E-state index in [9.17, 15) is 9.18 Å². The summed E-state index contributed by atoms with van der Waals surface area (Å²) in [7, 11) is 0. The summed E-state index contributed by atoms with van der Waals surface area (Å²) in [6.45, 7) is 1.70. The van der Waals surface area contributed by atoms with Gasteiger partial charge in [0.2, 0.25) is 0 Å². The molecule has 0 bridgehead atoms. The second kappa shape index (κ2) is 6.26. The van der Waals surface area contributed by atoms with Crippen LogP contribution in [0.4, 0.5) is 4.39 Å². The lowest BCUT2D eigenvalue weighted by Gasteiger charge is -1.99. The van der Waals surface area contributed by atoms with Gasteiger partial charge in [-0.2, -0.15) is 0 Å². The number of carbonyl (C=O) groups excluding carboxylic acids is 1. The molecular formula is C12H11FOS. The lowest BCUT2D eigenvalue weighted by molar-refractivity contribution is -0.115. The van der Waals surface area contributed by atoms with Gasteiger partial charge >= 0.3 is 0 Å². The first-order chi connectivity index (χ1) is 7.22. The highest BCUT2D eigenvalue weighted by molar-refractivity contribution is 8.00. The van der Waals surface area contributed by atoms with E-state index in [1.165, 1.54) is 23.9 Å². The highest BCUT2D eigenvalue weighted by Gasteiger charge is 2.01. The molecule has 0 heterocycles. The summed E-state index contributed by atoms with van der Waals surface area (Å²) in [4.78, 5) is 12.0. The van der Waals surface area contributed by atoms with E-state index >= 15 is 0 Å². The Morgan fingerprint density at radius 1 is 1.53 bits per heavy atom. The van der Waals surface area contributed by atoms with Gasteiger partial charge in [-0.25, -0.2) is 4.39 Å². The molecule has 78 valence electrons. The maximum atomic E-state index is 12.8. The van der Waals surface area contributed by atoms with Crippen molar-refractivity contribution < 1.29 is 9.18 Å². The van der Waals surface area contributed by atoms with E-state index < -0.39 is 0 Å². The Kier molecular flexibility index (Phi) is 4.92. The van der Waals surface area contributed by atoms with Gasteiger partial charge in [-0.05, 0) is 25.1 Å². The number of rotatable bonds is 4.